The van der Waals surface area contributed by atoms with Crippen LogP contribution < -0.4 is 0 Å². The molecule has 0 saturated heterocycles. The van der Waals surface area contributed by atoms with Gasteiger partial charge >= 0.3 is 23.7 Å². The summed E-state index contributed by atoms with van der Waals surface area (Å²) in [6.07, 6.45) is 0. The number of hydrogen-bond acceptors (Lipinski definition) is 0. The highest BCUT2D eigenvalue weighted by Crippen LogP contribution is 2.64. The van der Waals surface area contributed by atoms with Crippen LogP contribution in [-0.4, -0.2) is 0 Å². The van der Waals surface area contributed by atoms with Crippen LogP contribution in [0.1, 0.15) is 70.2 Å². The first-order chi connectivity index (χ1) is 16.7. The molecule has 0 unspecified atom stereocenters. The van der Waals surface area contributed by atoms with E-state index in [2.05, 4.69) is 0 Å². The third-order valence-corrected chi connectivity index (χ3v) is 8.05. The van der Waals surface area contributed by atoms with Crippen LogP contribution in [0, 0.1) is 0 Å². The van der Waals surface area contributed by atoms with Gasteiger partial charge in [0, 0.05) is 34.1 Å². The second kappa shape index (κ2) is 6.78. The fourth-order valence-corrected chi connectivity index (χ4v) is 6.10. The molecule has 0 N–H and O–H groups in total. The van der Waals surface area contributed by atoms with Gasteiger partial charge in [0.15, 0.2) is 0 Å². The zero-order valence-corrected chi connectivity index (χ0v) is 19.0. The van der Waals surface area contributed by atoms with E-state index in [1.54, 1.807) is 38.1 Å². The van der Waals surface area contributed by atoms with Gasteiger partial charge in [-0.3, -0.25) is 0 Å². The molecule has 2 atom stereocenters. The lowest BCUT2D eigenvalue weighted by Gasteiger charge is -2.46. The van der Waals surface area contributed by atoms with Crippen LogP contribution in [0.4, 0.5) is 35.1 Å². The van der Waals surface area contributed by atoms with E-state index in [-0.39, 0.29) is 0 Å². The minimum Gasteiger partial charge on any atom is -0.194 e. The summed E-state index contributed by atoms with van der Waals surface area (Å²) in [6, 6.07) is 8.96. The molecular weight excluding hydrogens is 488 g/mol. The molecule has 3 aromatic carbocycles. The van der Waals surface area contributed by atoms with Gasteiger partial charge in [-0.15, -0.1) is 0 Å². The quantitative estimate of drug-likeness (QED) is 0.211. The molecule has 10 rings (SSSR count). The van der Waals surface area contributed by atoms with Crippen molar-refractivity contribution >= 4 is 0 Å². The standard InChI is InChI=1S/C28H18F8/c1-13-14(2)22-18-6-4-3-5-17(18)21(13)23-19-11-12-20(24(22)23)28(35,36)26(31,32)16-9-7-15(8-10-16)25(29,30)27(19,33)34/h3-12,21-22H,1-2H3/t21-,22+. The van der Waals surface area contributed by atoms with Crippen LogP contribution in [0.5, 0.6) is 0 Å². The van der Waals surface area contributed by atoms with E-state index in [0.29, 0.717) is 58.7 Å². The van der Waals surface area contributed by atoms with Gasteiger partial charge in [-0.1, -0.05) is 71.8 Å². The van der Waals surface area contributed by atoms with E-state index in [1.165, 1.54) is 0 Å². The molecule has 3 aromatic rings. The van der Waals surface area contributed by atoms with Gasteiger partial charge in [0.25, 0.3) is 0 Å². The third-order valence-electron chi connectivity index (χ3n) is 8.05. The summed E-state index contributed by atoms with van der Waals surface area (Å²) < 4.78 is 125. The lowest BCUT2D eigenvalue weighted by Crippen LogP contribution is -2.42. The summed E-state index contributed by atoms with van der Waals surface area (Å²) >= 11 is 0. The topological polar surface area (TPSA) is 0 Å². The zero-order chi connectivity index (χ0) is 26.0. The van der Waals surface area contributed by atoms with Crippen molar-refractivity contribution in [2.45, 2.75) is 49.4 Å². The zero-order valence-electron chi connectivity index (χ0n) is 19.0. The van der Waals surface area contributed by atoms with Crippen molar-refractivity contribution in [3.8, 4) is 0 Å². The number of allylic oxidation sites excluding steroid dienone is 2. The largest absolute Gasteiger partial charge is 0.340 e. The Labute approximate surface area is 201 Å². The maximum atomic E-state index is 15.8. The maximum absolute atomic E-state index is 15.8. The van der Waals surface area contributed by atoms with Crippen molar-refractivity contribution in [1.82, 2.24) is 0 Å². The van der Waals surface area contributed by atoms with Gasteiger partial charge in [0.05, 0.1) is 0 Å². The SMILES string of the molecule is CC1=C(C)[C@H]2c3ccccc3[C@@H]1c1c3ccc(c12)C(F)(F)C(F)(F)c1ccc(cc1)C(F)(F)C3(F)F. The summed E-state index contributed by atoms with van der Waals surface area (Å²) in [5.74, 6) is -21.3. The van der Waals surface area contributed by atoms with Gasteiger partial charge in [-0.2, -0.15) is 35.1 Å². The van der Waals surface area contributed by atoms with Crippen LogP contribution in [0.15, 0.2) is 71.8 Å². The number of rotatable bonds is 0. The molecule has 186 valence electrons. The molecule has 0 heterocycles. The Kier molecular flexibility index (Phi) is 4.38. The molecule has 36 heavy (non-hydrogen) atoms. The minimum atomic E-state index is -4.81. The van der Waals surface area contributed by atoms with Crippen molar-refractivity contribution in [3.05, 3.63) is 116 Å². The van der Waals surface area contributed by atoms with E-state index in [0.717, 1.165) is 0 Å². The molecule has 0 nitrogen and oxygen atoms in total. The Morgan fingerprint density at radius 3 is 1.14 bits per heavy atom. The van der Waals surface area contributed by atoms with Crippen LogP contribution >= 0.6 is 0 Å². The predicted octanol–water partition coefficient (Wildman–Crippen LogP) is 8.69. The van der Waals surface area contributed by atoms with E-state index in [9.17, 15) is 0 Å². The summed E-state index contributed by atoms with van der Waals surface area (Å²) in [4.78, 5) is 0. The van der Waals surface area contributed by atoms with Crippen molar-refractivity contribution < 1.29 is 35.1 Å². The maximum Gasteiger partial charge on any atom is 0.340 e. The smallest absolute Gasteiger partial charge is 0.194 e. The van der Waals surface area contributed by atoms with Crippen LogP contribution in [0.3, 0.4) is 0 Å². The first-order valence-electron chi connectivity index (χ1n) is 11.3. The highest BCUT2D eigenvalue weighted by Gasteiger charge is 2.65. The molecule has 0 amide bonds. The summed E-state index contributed by atoms with van der Waals surface area (Å²) in [5, 5.41) is 0. The van der Waals surface area contributed by atoms with Crippen LogP contribution in [-0.2, 0) is 23.7 Å². The number of alkyl halides is 8. The van der Waals surface area contributed by atoms with E-state index >= 15 is 35.1 Å². The second-order valence-electron chi connectivity index (χ2n) is 9.72. The minimum absolute atomic E-state index is 0.365. The summed E-state index contributed by atoms with van der Waals surface area (Å²) in [7, 11) is 0. The van der Waals surface area contributed by atoms with Gasteiger partial charge in [-0.25, -0.2) is 0 Å². The first kappa shape index (κ1) is 23.3. The molecule has 0 fully saturated rings. The van der Waals surface area contributed by atoms with Gasteiger partial charge in [0.2, 0.25) is 0 Å². The van der Waals surface area contributed by atoms with Crippen LogP contribution in [0.25, 0.3) is 0 Å². The summed E-state index contributed by atoms with van der Waals surface area (Å²) in [6.45, 7) is 3.26. The molecule has 0 saturated carbocycles. The van der Waals surface area contributed by atoms with Gasteiger partial charge in [-0.05, 0) is 36.1 Å². The normalized spacial score (nSPS) is 25.7. The van der Waals surface area contributed by atoms with Gasteiger partial charge < -0.3 is 0 Å². The molecular formula is C28H18F8. The molecule has 0 spiro atoms. The monoisotopic (exact) mass is 506 g/mol. The molecule has 7 aliphatic carbocycles. The van der Waals surface area contributed by atoms with E-state index < -0.39 is 68.9 Å². The Bertz CT molecular complexity index is 1350. The molecule has 0 radical (unpaired) electrons. The molecule has 0 aromatic heterocycles. The lowest BCUT2D eigenvalue weighted by molar-refractivity contribution is -0.228. The van der Waals surface area contributed by atoms with Crippen molar-refractivity contribution in [2.24, 2.45) is 0 Å². The highest BCUT2D eigenvalue weighted by molar-refractivity contribution is 5.69. The first-order valence-corrected chi connectivity index (χ1v) is 11.3. The third kappa shape index (κ3) is 2.50. The Morgan fingerprint density at radius 1 is 0.472 bits per heavy atom. The lowest BCUT2D eigenvalue weighted by atomic mass is 9.58. The molecule has 0 aliphatic heterocycles. The fraction of sp³-hybridized carbons (Fsp3) is 0.286. The number of benzene rings is 3. The molecule has 7 aliphatic rings. The molecule has 8 heteroatoms. The average Bonchev–Trinajstić information content (AvgIpc) is 2.84. The van der Waals surface area contributed by atoms with E-state index in [4.69, 9.17) is 0 Å². The van der Waals surface area contributed by atoms with Crippen molar-refractivity contribution in [1.29, 1.82) is 0 Å². The average molecular weight is 506 g/mol. The fourth-order valence-electron chi connectivity index (χ4n) is 6.10. The second-order valence-corrected chi connectivity index (χ2v) is 9.72. The van der Waals surface area contributed by atoms with E-state index in [1.807, 2.05) is 0 Å². The highest BCUT2D eigenvalue weighted by atomic mass is 19.3. The Hall–Kier alpha value is -3.16. The predicted molar refractivity (Wildman–Crippen MR) is 117 cm³/mol. The molecule has 6 bridgehead atoms. The summed E-state index contributed by atoms with van der Waals surface area (Å²) in [5.41, 5.74) is -3.48. The number of hydrogen-bond donors (Lipinski definition) is 0. The Morgan fingerprint density at radius 2 is 0.806 bits per heavy atom. The number of halogens is 8. The Balaban J connectivity index is 1.80. The van der Waals surface area contributed by atoms with Crippen molar-refractivity contribution in [2.75, 3.05) is 0 Å². The van der Waals surface area contributed by atoms with Gasteiger partial charge in [0.1, 0.15) is 0 Å². The van der Waals surface area contributed by atoms with Crippen molar-refractivity contribution in [3.63, 3.8) is 0 Å². The van der Waals surface area contributed by atoms with Crippen LogP contribution in [0.2, 0.25) is 0 Å².